The van der Waals surface area contributed by atoms with E-state index in [-0.39, 0.29) is 17.9 Å². The van der Waals surface area contributed by atoms with E-state index in [0.717, 1.165) is 11.3 Å². The van der Waals surface area contributed by atoms with Crippen LogP contribution in [-0.2, 0) is 6.54 Å². The van der Waals surface area contributed by atoms with Crippen molar-refractivity contribution in [2.75, 3.05) is 0 Å². The van der Waals surface area contributed by atoms with Crippen LogP contribution in [0.25, 0.3) is 5.65 Å². The lowest BCUT2D eigenvalue weighted by Gasteiger charge is -1.95. The summed E-state index contributed by atoms with van der Waals surface area (Å²) in [6.45, 7) is 0.533. The molecule has 0 aliphatic heterocycles. The van der Waals surface area contributed by atoms with E-state index in [4.69, 9.17) is 5.73 Å². The van der Waals surface area contributed by atoms with Crippen molar-refractivity contribution in [3.05, 3.63) is 36.3 Å². The Kier molecular flexibility index (Phi) is 4.40. The summed E-state index contributed by atoms with van der Waals surface area (Å²) in [5, 5.41) is 0. The van der Waals surface area contributed by atoms with Crippen molar-refractivity contribution >= 4 is 18.1 Å². The van der Waals surface area contributed by atoms with Crippen LogP contribution in [0.3, 0.4) is 0 Å². The van der Waals surface area contributed by atoms with Crippen molar-refractivity contribution in [2.45, 2.75) is 6.54 Å². The Bertz CT molecular complexity index is 374. The molecule has 0 aromatic carbocycles. The zero-order valence-electron chi connectivity index (χ0n) is 6.97. The molecule has 0 radical (unpaired) electrons. The lowest BCUT2D eigenvalue weighted by atomic mass is 10.4. The van der Waals surface area contributed by atoms with Gasteiger partial charge < -0.3 is 15.6 Å². The van der Waals surface area contributed by atoms with Crippen molar-refractivity contribution in [2.24, 2.45) is 5.73 Å². The number of hydrogen-bond acceptors (Lipinski definition) is 2. The maximum Gasteiger partial charge on any atom is 0.136 e. The molecular weight excluding hydrogens is 190 g/mol. The van der Waals surface area contributed by atoms with Gasteiger partial charge in [-0.15, -0.1) is 12.4 Å². The average molecular weight is 202 g/mol. The second-order valence-corrected chi connectivity index (χ2v) is 2.38. The number of rotatable bonds is 1. The molecule has 0 amide bonds. The lowest BCUT2D eigenvalue weighted by molar-refractivity contribution is 0.824. The number of nitrogens with two attached hydrogens (primary N) is 1. The summed E-state index contributed by atoms with van der Waals surface area (Å²) in [5.41, 5.74) is 7.49. The highest BCUT2D eigenvalue weighted by molar-refractivity contribution is 5.85. The van der Waals surface area contributed by atoms with Gasteiger partial charge in [0.2, 0.25) is 0 Å². The van der Waals surface area contributed by atoms with Crippen LogP contribution >= 0.6 is 12.4 Å². The first-order valence-electron chi connectivity index (χ1n) is 3.53. The van der Waals surface area contributed by atoms with Gasteiger partial charge in [-0.3, -0.25) is 0 Å². The number of pyridine rings is 1. The third-order valence-corrected chi connectivity index (χ3v) is 1.70. The highest BCUT2D eigenvalue weighted by Gasteiger charge is 1.97. The van der Waals surface area contributed by atoms with E-state index in [0.29, 0.717) is 6.54 Å². The molecule has 0 bridgehead atoms. The van der Waals surface area contributed by atoms with Crippen molar-refractivity contribution in [1.29, 1.82) is 0 Å². The molecular formula is C8H12ClN3O. The summed E-state index contributed by atoms with van der Waals surface area (Å²) in [4.78, 5) is 4.17. The Labute approximate surface area is 82.1 Å². The standard InChI is InChI=1S/C8H9N3.ClH.H2O/c9-5-7-6-10-8-3-1-2-4-11(7)8;;/h1-4,6H,5,9H2;1H;1H2. The number of halogens is 1. The van der Waals surface area contributed by atoms with E-state index in [1.54, 1.807) is 6.20 Å². The van der Waals surface area contributed by atoms with E-state index < -0.39 is 0 Å². The van der Waals surface area contributed by atoms with E-state index in [1.165, 1.54) is 0 Å². The van der Waals surface area contributed by atoms with Crippen LogP contribution in [0.4, 0.5) is 0 Å². The summed E-state index contributed by atoms with van der Waals surface area (Å²) in [5.74, 6) is 0. The van der Waals surface area contributed by atoms with Crippen LogP contribution in [0.1, 0.15) is 5.69 Å². The first-order valence-corrected chi connectivity index (χ1v) is 3.53. The van der Waals surface area contributed by atoms with E-state index in [1.807, 2.05) is 28.8 Å². The number of imidazole rings is 1. The maximum absolute atomic E-state index is 5.50. The molecule has 0 fully saturated rings. The fraction of sp³-hybridized carbons (Fsp3) is 0.125. The molecule has 0 atom stereocenters. The number of hydrogen-bond donors (Lipinski definition) is 1. The van der Waals surface area contributed by atoms with E-state index in [2.05, 4.69) is 4.98 Å². The summed E-state index contributed by atoms with van der Waals surface area (Å²) >= 11 is 0. The average Bonchev–Trinajstić information content (AvgIpc) is 2.47. The topological polar surface area (TPSA) is 74.8 Å². The lowest BCUT2D eigenvalue weighted by Crippen LogP contribution is -1.99. The highest BCUT2D eigenvalue weighted by Crippen LogP contribution is 2.03. The van der Waals surface area contributed by atoms with Crippen molar-refractivity contribution in [3.8, 4) is 0 Å². The Balaban J connectivity index is 0.000000720. The third kappa shape index (κ3) is 1.98. The molecule has 13 heavy (non-hydrogen) atoms. The Hall–Kier alpha value is -1.10. The first kappa shape index (κ1) is 11.9. The predicted octanol–water partition coefficient (Wildman–Crippen LogP) is 0.390. The van der Waals surface area contributed by atoms with Crippen LogP contribution in [0.15, 0.2) is 30.6 Å². The smallest absolute Gasteiger partial charge is 0.136 e. The van der Waals surface area contributed by atoms with Crippen LogP contribution in [-0.4, -0.2) is 14.9 Å². The van der Waals surface area contributed by atoms with Crippen LogP contribution in [0.2, 0.25) is 0 Å². The quantitative estimate of drug-likeness (QED) is 0.725. The van der Waals surface area contributed by atoms with Crippen molar-refractivity contribution < 1.29 is 5.48 Å². The van der Waals surface area contributed by atoms with Gasteiger partial charge in [0, 0.05) is 12.7 Å². The van der Waals surface area contributed by atoms with Gasteiger partial charge in [0.25, 0.3) is 0 Å². The molecule has 2 rings (SSSR count). The normalized spacial score (nSPS) is 9.00. The van der Waals surface area contributed by atoms with E-state index in [9.17, 15) is 0 Å². The minimum atomic E-state index is 0. The van der Waals surface area contributed by atoms with Gasteiger partial charge in [0.05, 0.1) is 11.9 Å². The zero-order chi connectivity index (χ0) is 7.68. The van der Waals surface area contributed by atoms with Gasteiger partial charge in [-0.2, -0.15) is 0 Å². The van der Waals surface area contributed by atoms with Gasteiger partial charge in [-0.1, -0.05) is 6.07 Å². The van der Waals surface area contributed by atoms with Crippen LogP contribution < -0.4 is 5.73 Å². The minimum absolute atomic E-state index is 0. The van der Waals surface area contributed by atoms with Crippen LogP contribution in [0, 0.1) is 0 Å². The van der Waals surface area contributed by atoms with Gasteiger partial charge in [-0.25, -0.2) is 4.98 Å². The molecule has 5 heteroatoms. The van der Waals surface area contributed by atoms with Gasteiger partial charge in [-0.05, 0) is 12.1 Å². The molecule has 0 saturated heterocycles. The van der Waals surface area contributed by atoms with Crippen LogP contribution in [0.5, 0.6) is 0 Å². The molecule has 2 heterocycles. The number of aromatic nitrogens is 2. The third-order valence-electron chi connectivity index (χ3n) is 1.70. The molecule has 2 aromatic rings. The fourth-order valence-corrected chi connectivity index (χ4v) is 1.14. The molecule has 0 unspecified atom stereocenters. The molecule has 72 valence electrons. The van der Waals surface area contributed by atoms with Gasteiger partial charge >= 0.3 is 0 Å². The zero-order valence-corrected chi connectivity index (χ0v) is 7.79. The highest BCUT2D eigenvalue weighted by atomic mass is 35.5. The Morgan fingerprint density at radius 1 is 1.38 bits per heavy atom. The second-order valence-electron chi connectivity index (χ2n) is 2.38. The van der Waals surface area contributed by atoms with Gasteiger partial charge in [0.1, 0.15) is 5.65 Å². The molecule has 0 aliphatic carbocycles. The molecule has 4 nitrogen and oxygen atoms in total. The molecule has 4 N–H and O–H groups in total. The largest absolute Gasteiger partial charge is 0.412 e. The molecule has 0 aliphatic rings. The SMILES string of the molecule is Cl.NCc1cnc2ccccn12.O. The fourth-order valence-electron chi connectivity index (χ4n) is 1.14. The molecule has 0 saturated carbocycles. The van der Waals surface area contributed by atoms with E-state index >= 15 is 0 Å². The first-order chi connectivity index (χ1) is 5.42. The molecule has 0 spiro atoms. The van der Waals surface area contributed by atoms with Crippen molar-refractivity contribution in [1.82, 2.24) is 9.38 Å². The number of fused-ring (bicyclic) bond motifs is 1. The summed E-state index contributed by atoms with van der Waals surface area (Å²) in [7, 11) is 0. The minimum Gasteiger partial charge on any atom is -0.412 e. The van der Waals surface area contributed by atoms with Crippen molar-refractivity contribution in [3.63, 3.8) is 0 Å². The maximum atomic E-state index is 5.50. The predicted molar refractivity (Wildman–Crippen MR) is 53.9 cm³/mol. The Morgan fingerprint density at radius 3 is 2.85 bits per heavy atom. The molecule has 2 aromatic heterocycles. The Morgan fingerprint density at radius 2 is 2.15 bits per heavy atom. The van der Waals surface area contributed by atoms with Gasteiger partial charge in [0.15, 0.2) is 0 Å². The summed E-state index contributed by atoms with van der Waals surface area (Å²) in [6, 6.07) is 5.88. The number of nitrogens with zero attached hydrogens (tertiary/aromatic N) is 2. The second kappa shape index (κ2) is 4.81. The summed E-state index contributed by atoms with van der Waals surface area (Å²) in [6.07, 6.45) is 3.76. The summed E-state index contributed by atoms with van der Waals surface area (Å²) < 4.78 is 1.99. The monoisotopic (exact) mass is 201 g/mol.